The zero-order valence-electron chi connectivity index (χ0n) is 16.7. The number of nitrogens with zero attached hydrogens (tertiary/aromatic N) is 2. The van der Waals surface area contributed by atoms with E-state index in [1.807, 2.05) is 21.9 Å². The molecule has 5 nitrogen and oxygen atoms in total. The third-order valence-corrected chi connectivity index (χ3v) is 6.06. The smallest absolute Gasteiger partial charge is 0.406 e. The van der Waals surface area contributed by atoms with Crippen molar-refractivity contribution < 1.29 is 27.4 Å². The van der Waals surface area contributed by atoms with Crippen molar-refractivity contribution in [3.63, 3.8) is 0 Å². The van der Waals surface area contributed by atoms with Gasteiger partial charge in [-0.2, -0.15) is 0 Å². The van der Waals surface area contributed by atoms with Crippen molar-refractivity contribution in [1.29, 1.82) is 0 Å². The summed E-state index contributed by atoms with van der Waals surface area (Å²) >= 11 is 3.49. The lowest BCUT2D eigenvalue weighted by Crippen LogP contribution is -2.49. The number of anilines is 1. The van der Waals surface area contributed by atoms with Gasteiger partial charge in [0.15, 0.2) is 0 Å². The van der Waals surface area contributed by atoms with E-state index in [0.717, 1.165) is 22.1 Å². The molecule has 1 amide bonds. The number of halogens is 4. The lowest BCUT2D eigenvalue weighted by molar-refractivity contribution is -0.274. The van der Waals surface area contributed by atoms with Crippen LogP contribution in [-0.4, -0.2) is 50.0 Å². The first-order chi connectivity index (χ1) is 14.8. The fourth-order valence-electron chi connectivity index (χ4n) is 4.04. The number of ether oxygens (including phenoxy) is 2. The predicted octanol–water partition coefficient (Wildman–Crippen LogP) is 4.70. The summed E-state index contributed by atoms with van der Waals surface area (Å²) in [5, 5.41) is 0. The van der Waals surface area contributed by atoms with Gasteiger partial charge in [0, 0.05) is 36.3 Å². The van der Waals surface area contributed by atoms with E-state index in [1.54, 1.807) is 12.1 Å². The predicted molar refractivity (Wildman–Crippen MR) is 113 cm³/mol. The number of alkyl halides is 3. The van der Waals surface area contributed by atoms with Gasteiger partial charge in [0.25, 0.3) is 0 Å². The SMILES string of the molecule is O=C(C[C@@H]1OCCc2cc(Br)ccc21)N1CCN(c2ccc(OC(F)(F)F)cc2)CC1. The van der Waals surface area contributed by atoms with Crippen LogP contribution in [0.1, 0.15) is 23.7 Å². The lowest BCUT2D eigenvalue weighted by Gasteiger charge is -2.37. The first-order valence-corrected chi connectivity index (χ1v) is 10.9. The van der Waals surface area contributed by atoms with Gasteiger partial charge in [0.1, 0.15) is 5.75 Å². The van der Waals surface area contributed by atoms with Crippen LogP contribution in [0.2, 0.25) is 0 Å². The number of rotatable bonds is 4. The van der Waals surface area contributed by atoms with E-state index in [0.29, 0.717) is 39.2 Å². The third kappa shape index (κ3) is 5.51. The zero-order chi connectivity index (χ0) is 22.0. The van der Waals surface area contributed by atoms with E-state index >= 15 is 0 Å². The Bertz CT molecular complexity index is 929. The molecule has 1 fully saturated rings. The van der Waals surface area contributed by atoms with Crippen LogP contribution in [0.15, 0.2) is 46.9 Å². The van der Waals surface area contributed by atoms with Crippen LogP contribution in [0.3, 0.4) is 0 Å². The fraction of sp³-hybridized carbons (Fsp3) is 0.409. The van der Waals surface area contributed by atoms with Crippen LogP contribution in [0.4, 0.5) is 18.9 Å². The van der Waals surface area contributed by atoms with Crippen molar-refractivity contribution in [1.82, 2.24) is 4.90 Å². The normalized spacial score (nSPS) is 19.2. The molecule has 2 aliphatic rings. The molecule has 2 aromatic carbocycles. The van der Waals surface area contributed by atoms with Gasteiger partial charge in [-0.25, -0.2) is 0 Å². The summed E-state index contributed by atoms with van der Waals surface area (Å²) in [6, 6.07) is 11.9. The summed E-state index contributed by atoms with van der Waals surface area (Å²) in [5.41, 5.74) is 3.08. The maximum atomic E-state index is 12.9. The van der Waals surface area contributed by atoms with Gasteiger partial charge in [-0.15, -0.1) is 13.2 Å². The maximum absolute atomic E-state index is 12.9. The molecule has 0 unspecified atom stereocenters. The molecule has 2 heterocycles. The number of hydrogen-bond donors (Lipinski definition) is 0. The number of benzene rings is 2. The molecular weight excluding hydrogens is 477 g/mol. The molecule has 0 radical (unpaired) electrons. The molecule has 1 saturated heterocycles. The summed E-state index contributed by atoms with van der Waals surface area (Å²) in [6.07, 6.45) is -3.79. The van der Waals surface area contributed by atoms with Gasteiger partial charge in [-0.1, -0.05) is 22.0 Å². The molecule has 0 saturated carbocycles. The standard InChI is InChI=1S/C22H22BrF3N2O3/c23-16-1-6-19-15(13-16)7-12-30-20(19)14-21(29)28-10-8-27(9-11-28)17-2-4-18(5-3-17)31-22(24,25)26/h1-6,13,20H,7-12,14H2/t20-/m0/s1. The highest BCUT2D eigenvalue weighted by Crippen LogP contribution is 2.32. The Labute approximate surface area is 186 Å². The van der Waals surface area contributed by atoms with Crippen LogP contribution in [0, 0.1) is 0 Å². The molecule has 166 valence electrons. The van der Waals surface area contributed by atoms with Gasteiger partial charge in [-0.3, -0.25) is 4.79 Å². The Morgan fingerprint density at radius 3 is 2.48 bits per heavy atom. The summed E-state index contributed by atoms with van der Waals surface area (Å²) in [7, 11) is 0. The van der Waals surface area contributed by atoms with Crippen LogP contribution < -0.4 is 9.64 Å². The average molecular weight is 499 g/mol. The maximum Gasteiger partial charge on any atom is 0.573 e. The monoisotopic (exact) mass is 498 g/mol. The van der Waals surface area contributed by atoms with E-state index in [4.69, 9.17) is 4.74 Å². The number of piperazine rings is 1. The summed E-state index contributed by atoms with van der Waals surface area (Å²) < 4.78 is 47.7. The Morgan fingerprint density at radius 1 is 1.10 bits per heavy atom. The number of carbonyl (C=O) groups is 1. The molecule has 9 heteroatoms. The number of hydrogen-bond acceptors (Lipinski definition) is 4. The summed E-state index contributed by atoms with van der Waals surface area (Å²) in [6.45, 7) is 2.93. The Balaban J connectivity index is 1.32. The van der Waals surface area contributed by atoms with Crippen molar-refractivity contribution in [2.75, 3.05) is 37.7 Å². The molecule has 1 atom stereocenters. The van der Waals surface area contributed by atoms with E-state index in [-0.39, 0.29) is 17.8 Å². The number of amides is 1. The minimum Gasteiger partial charge on any atom is -0.406 e. The van der Waals surface area contributed by atoms with Crippen LogP contribution >= 0.6 is 15.9 Å². The molecule has 0 aromatic heterocycles. The first-order valence-electron chi connectivity index (χ1n) is 10.1. The second kappa shape index (κ2) is 9.08. The Morgan fingerprint density at radius 2 is 1.81 bits per heavy atom. The molecule has 31 heavy (non-hydrogen) atoms. The molecule has 0 N–H and O–H groups in total. The van der Waals surface area contributed by atoms with Crippen LogP contribution in [0.25, 0.3) is 0 Å². The molecule has 0 spiro atoms. The van der Waals surface area contributed by atoms with Gasteiger partial charge >= 0.3 is 6.36 Å². The van der Waals surface area contributed by atoms with Crippen molar-refractivity contribution in [3.8, 4) is 5.75 Å². The van der Waals surface area contributed by atoms with E-state index in [9.17, 15) is 18.0 Å². The van der Waals surface area contributed by atoms with Crippen LogP contribution in [0.5, 0.6) is 5.75 Å². The van der Waals surface area contributed by atoms with E-state index < -0.39 is 6.36 Å². The molecule has 4 rings (SSSR count). The second-order valence-corrected chi connectivity index (χ2v) is 8.48. The quantitative estimate of drug-likeness (QED) is 0.612. The van der Waals surface area contributed by atoms with Gasteiger partial charge in [0.2, 0.25) is 5.91 Å². The van der Waals surface area contributed by atoms with Gasteiger partial charge in [-0.05, 0) is 53.9 Å². The first kappa shape index (κ1) is 22.0. The summed E-state index contributed by atoms with van der Waals surface area (Å²) in [5.74, 6) is -0.195. The highest BCUT2D eigenvalue weighted by Gasteiger charge is 2.31. The van der Waals surface area contributed by atoms with Crippen molar-refractivity contribution >= 4 is 27.5 Å². The lowest BCUT2D eigenvalue weighted by atomic mass is 9.95. The van der Waals surface area contributed by atoms with Crippen molar-refractivity contribution in [3.05, 3.63) is 58.1 Å². The second-order valence-electron chi connectivity index (χ2n) is 7.57. The zero-order valence-corrected chi connectivity index (χ0v) is 18.3. The minimum atomic E-state index is -4.70. The highest BCUT2D eigenvalue weighted by molar-refractivity contribution is 9.10. The van der Waals surface area contributed by atoms with Crippen molar-refractivity contribution in [2.24, 2.45) is 0 Å². The third-order valence-electron chi connectivity index (χ3n) is 5.57. The van der Waals surface area contributed by atoms with Gasteiger partial charge < -0.3 is 19.3 Å². The molecular formula is C22H22BrF3N2O3. The Kier molecular flexibility index (Phi) is 6.43. The summed E-state index contributed by atoms with van der Waals surface area (Å²) in [4.78, 5) is 16.7. The average Bonchev–Trinajstić information content (AvgIpc) is 2.73. The molecule has 2 aliphatic heterocycles. The van der Waals surface area contributed by atoms with Crippen molar-refractivity contribution in [2.45, 2.75) is 25.3 Å². The fourth-order valence-corrected chi connectivity index (χ4v) is 4.44. The largest absolute Gasteiger partial charge is 0.573 e. The van der Waals surface area contributed by atoms with Gasteiger partial charge in [0.05, 0.1) is 19.1 Å². The van der Waals surface area contributed by atoms with E-state index in [1.165, 1.54) is 17.7 Å². The Hall–Kier alpha value is -2.26. The van der Waals surface area contributed by atoms with E-state index in [2.05, 4.69) is 26.7 Å². The van der Waals surface area contributed by atoms with Crippen LogP contribution in [-0.2, 0) is 16.0 Å². The number of carbonyl (C=O) groups excluding carboxylic acids is 1. The molecule has 0 bridgehead atoms. The highest BCUT2D eigenvalue weighted by atomic mass is 79.9. The molecule has 0 aliphatic carbocycles. The number of fused-ring (bicyclic) bond motifs is 1. The topological polar surface area (TPSA) is 42.0 Å². The minimum absolute atomic E-state index is 0.0503. The molecule has 2 aromatic rings.